The standard InChI is InChI=1S/C16H24N2O/c1-17-14-4-2-12(3-5-14)11-18-15-6-7-16-13(10-15)8-9-19-16/h6-7,10,12,14,17-18H,2-5,8-9,11H2,1H3. The van der Waals surface area contributed by atoms with E-state index in [9.17, 15) is 0 Å². The first kappa shape index (κ1) is 12.8. The Morgan fingerprint density at radius 2 is 2.05 bits per heavy atom. The monoisotopic (exact) mass is 260 g/mol. The quantitative estimate of drug-likeness (QED) is 0.873. The molecule has 0 atom stereocenters. The second kappa shape index (κ2) is 5.83. The summed E-state index contributed by atoms with van der Waals surface area (Å²) in [7, 11) is 2.08. The Hall–Kier alpha value is -1.22. The van der Waals surface area contributed by atoms with Crippen molar-refractivity contribution in [1.82, 2.24) is 5.32 Å². The number of fused-ring (bicyclic) bond motifs is 1. The Bertz CT molecular complexity index is 425. The van der Waals surface area contributed by atoms with Gasteiger partial charge in [-0.2, -0.15) is 0 Å². The third-order valence-corrected chi connectivity index (χ3v) is 4.54. The molecule has 0 saturated heterocycles. The molecule has 1 aromatic rings. The van der Waals surface area contributed by atoms with E-state index in [1.165, 1.54) is 36.9 Å². The van der Waals surface area contributed by atoms with Crippen molar-refractivity contribution in [3.63, 3.8) is 0 Å². The minimum Gasteiger partial charge on any atom is -0.493 e. The van der Waals surface area contributed by atoms with Gasteiger partial charge in [0, 0.05) is 24.7 Å². The molecule has 0 amide bonds. The molecule has 3 heteroatoms. The van der Waals surface area contributed by atoms with Crippen LogP contribution in [0, 0.1) is 5.92 Å². The fraction of sp³-hybridized carbons (Fsp3) is 0.625. The maximum atomic E-state index is 5.54. The van der Waals surface area contributed by atoms with Gasteiger partial charge in [-0.15, -0.1) is 0 Å². The van der Waals surface area contributed by atoms with Crippen molar-refractivity contribution in [1.29, 1.82) is 0 Å². The zero-order chi connectivity index (χ0) is 13.1. The maximum Gasteiger partial charge on any atom is 0.122 e. The summed E-state index contributed by atoms with van der Waals surface area (Å²) in [6.07, 6.45) is 6.37. The normalized spacial score (nSPS) is 25.7. The van der Waals surface area contributed by atoms with Gasteiger partial charge in [-0.3, -0.25) is 0 Å². The molecule has 1 aliphatic carbocycles. The van der Waals surface area contributed by atoms with E-state index in [2.05, 4.69) is 35.9 Å². The summed E-state index contributed by atoms with van der Waals surface area (Å²) in [5.74, 6) is 1.90. The van der Waals surface area contributed by atoms with Crippen LogP contribution in [0.25, 0.3) is 0 Å². The number of anilines is 1. The zero-order valence-corrected chi connectivity index (χ0v) is 11.7. The van der Waals surface area contributed by atoms with Crippen LogP contribution in [-0.2, 0) is 6.42 Å². The third-order valence-electron chi connectivity index (χ3n) is 4.54. The average molecular weight is 260 g/mol. The lowest BCUT2D eigenvalue weighted by Gasteiger charge is -2.28. The minimum atomic E-state index is 0.744. The molecule has 0 aromatic heterocycles. The predicted molar refractivity (Wildman–Crippen MR) is 78.9 cm³/mol. The van der Waals surface area contributed by atoms with Crippen LogP contribution in [-0.4, -0.2) is 26.2 Å². The van der Waals surface area contributed by atoms with Crippen LogP contribution in [0.5, 0.6) is 5.75 Å². The maximum absolute atomic E-state index is 5.54. The van der Waals surface area contributed by atoms with Gasteiger partial charge in [-0.25, -0.2) is 0 Å². The molecular weight excluding hydrogens is 236 g/mol. The summed E-state index contributed by atoms with van der Waals surface area (Å²) in [5.41, 5.74) is 2.60. The molecule has 1 saturated carbocycles. The van der Waals surface area contributed by atoms with Gasteiger partial charge in [0.15, 0.2) is 0 Å². The van der Waals surface area contributed by atoms with E-state index in [-0.39, 0.29) is 0 Å². The molecule has 1 fully saturated rings. The predicted octanol–water partition coefficient (Wildman–Crippen LogP) is 2.81. The van der Waals surface area contributed by atoms with Crippen molar-refractivity contribution in [2.24, 2.45) is 5.92 Å². The highest BCUT2D eigenvalue weighted by atomic mass is 16.5. The highest BCUT2D eigenvalue weighted by Crippen LogP contribution is 2.29. The van der Waals surface area contributed by atoms with Crippen molar-refractivity contribution < 1.29 is 4.74 Å². The van der Waals surface area contributed by atoms with Crippen LogP contribution in [0.1, 0.15) is 31.2 Å². The van der Waals surface area contributed by atoms with Crippen molar-refractivity contribution >= 4 is 5.69 Å². The van der Waals surface area contributed by atoms with E-state index < -0.39 is 0 Å². The van der Waals surface area contributed by atoms with Crippen molar-refractivity contribution in [2.75, 3.05) is 25.5 Å². The van der Waals surface area contributed by atoms with Gasteiger partial charge in [0.1, 0.15) is 5.75 Å². The van der Waals surface area contributed by atoms with Crippen LogP contribution in [0.4, 0.5) is 5.69 Å². The largest absolute Gasteiger partial charge is 0.493 e. The Kier molecular flexibility index (Phi) is 3.92. The SMILES string of the molecule is CNC1CCC(CNc2ccc3c(c2)CCO3)CC1. The summed E-state index contributed by atoms with van der Waals surface area (Å²) < 4.78 is 5.54. The second-order valence-corrected chi connectivity index (χ2v) is 5.81. The van der Waals surface area contributed by atoms with Gasteiger partial charge >= 0.3 is 0 Å². The van der Waals surface area contributed by atoms with E-state index in [4.69, 9.17) is 4.74 Å². The van der Waals surface area contributed by atoms with Gasteiger partial charge < -0.3 is 15.4 Å². The van der Waals surface area contributed by atoms with Crippen molar-refractivity contribution in [2.45, 2.75) is 38.1 Å². The molecule has 1 heterocycles. The molecule has 104 valence electrons. The lowest BCUT2D eigenvalue weighted by atomic mass is 9.86. The molecule has 0 spiro atoms. The molecule has 0 radical (unpaired) electrons. The Balaban J connectivity index is 1.50. The molecule has 2 N–H and O–H groups in total. The van der Waals surface area contributed by atoms with Crippen LogP contribution in [0.2, 0.25) is 0 Å². The first-order valence-electron chi connectivity index (χ1n) is 7.52. The molecule has 3 nitrogen and oxygen atoms in total. The summed E-state index contributed by atoms with van der Waals surface area (Å²) in [4.78, 5) is 0. The van der Waals surface area contributed by atoms with Gasteiger partial charge in [0.25, 0.3) is 0 Å². The van der Waals surface area contributed by atoms with E-state index in [0.717, 1.165) is 37.3 Å². The Labute approximate surface area is 115 Å². The number of nitrogens with one attached hydrogen (secondary N) is 2. The summed E-state index contributed by atoms with van der Waals surface area (Å²) in [5, 5.41) is 6.99. The first-order valence-corrected chi connectivity index (χ1v) is 7.52. The van der Waals surface area contributed by atoms with Gasteiger partial charge in [-0.1, -0.05) is 0 Å². The fourth-order valence-corrected chi connectivity index (χ4v) is 3.21. The number of benzene rings is 1. The van der Waals surface area contributed by atoms with Gasteiger partial charge in [0.2, 0.25) is 0 Å². The summed E-state index contributed by atoms with van der Waals surface area (Å²) >= 11 is 0. The number of ether oxygens (including phenoxy) is 1. The fourth-order valence-electron chi connectivity index (χ4n) is 3.21. The van der Waals surface area contributed by atoms with Gasteiger partial charge in [-0.05, 0) is 62.4 Å². The molecular formula is C16H24N2O. The van der Waals surface area contributed by atoms with Gasteiger partial charge in [0.05, 0.1) is 6.61 Å². The molecule has 3 rings (SSSR count). The lowest BCUT2D eigenvalue weighted by Crippen LogP contribution is -2.32. The van der Waals surface area contributed by atoms with Crippen LogP contribution >= 0.6 is 0 Å². The highest BCUT2D eigenvalue weighted by molar-refractivity contribution is 5.52. The Morgan fingerprint density at radius 1 is 1.21 bits per heavy atom. The first-order chi connectivity index (χ1) is 9.35. The van der Waals surface area contributed by atoms with E-state index in [1.54, 1.807) is 0 Å². The zero-order valence-electron chi connectivity index (χ0n) is 11.7. The molecule has 2 aliphatic rings. The molecule has 1 aliphatic heterocycles. The average Bonchev–Trinajstić information content (AvgIpc) is 2.93. The number of hydrogen-bond acceptors (Lipinski definition) is 3. The number of hydrogen-bond donors (Lipinski definition) is 2. The molecule has 0 bridgehead atoms. The van der Waals surface area contributed by atoms with Crippen LogP contribution < -0.4 is 15.4 Å². The van der Waals surface area contributed by atoms with E-state index >= 15 is 0 Å². The summed E-state index contributed by atoms with van der Waals surface area (Å²) in [6, 6.07) is 7.24. The molecule has 0 unspecified atom stereocenters. The molecule has 1 aromatic carbocycles. The minimum absolute atomic E-state index is 0.744. The van der Waals surface area contributed by atoms with E-state index in [1.807, 2.05) is 0 Å². The topological polar surface area (TPSA) is 33.3 Å². The van der Waals surface area contributed by atoms with Crippen LogP contribution in [0.15, 0.2) is 18.2 Å². The van der Waals surface area contributed by atoms with Crippen molar-refractivity contribution in [3.05, 3.63) is 23.8 Å². The van der Waals surface area contributed by atoms with E-state index in [0.29, 0.717) is 0 Å². The van der Waals surface area contributed by atoms with Crippen molar-refractivity contribution in [3.8, 4) is 5.75 Å². The lowest BCUT2D eigenvalue weighted by molar-refractivity contribution is 0.312. The number of rotatable bonds is 4. The third kappa shape index (κ3) is 3.03. The van der Waals surface area contributed by atoms with Crippen LogP contribution in [0.3, 0.4) is 0 Å². The molecule has 19 heavy (non-hydrogen) atoms. The highest BCUT2D eigenvalue weighted by Gasteiger charge is 2.19. The second-order valence-electron chi connectivity index (χ2n) is 5.81. The smallest absolute Gasteiger partial charge is 0.122 e. The Morgan fingerprint density at radius 3 is 2.84 bits per heavy atom. The summed E-state index contributed by atoms with van der Waals surface area (Å²) in [6.45, 7) is 1.95.